The van der Waals surface area contributed by atoms with E-state index in [4.69, 9.17) is 27.3 Å². The first-order valence-electron chi connectivity index (χ1n) is 19.5. The molecule has 4 nitrogen and oxygen atoms in total. The number of fused-ring (bicyclic) bond motifs is 4. The molecule has 0 bridgehead atoms. The lowest BCUT2D eigenvalue weighted by molar-refractivity contribution is 1.07. The van der Waals surface area contributed by atoms with Crippen LogP contribution >= 0.6 is 0 Å². The average molecular weight is 610 g/mol. The fourth-order valence-corrected chi connectivity index (χ4v) is 5.98. The molecule has 0 saturated heterocycles. The highest BCUT2D eigenvalue weighted by atomic mass is 15.0. The SMILES string of the molecule is [2H]c1c([2H])c([2H])c(-c2ccc3c4c([2H])c([2H])c([2H])c([2H])c4n(-c4ccc5cc(-c6nc(-c7ccccc7)nc(-c7ccccc7)n6)ccc5c4)c3c2)c([2H])c1[2H]. The lowest BCUT2D eigenvalue weighted by atomic mass is 10.0. The van der Waals surface area contributed by atoms with E-state index < -0.39 is 18.1 Å². The molecule has 9 rings (SSSR count). The molecule has 0 spiro atoms. The van der Waals surface area contributed by atoms with Gasteiger partial charge in [-0.15, -0.1) is 0 Å². The van der Waals surface area contributed by atoms with Gasteiger partial charge in [0, 0.05) is 33.2 Å². The smallest absolute Gasteiger partial charge is 0.164 e. The summed E-state index contributed by atoms with van der Waals surface area (Å²) in [6.07, 6.45) is 0. The van der Waals surface area contributed by atoms with Gasteiger partial charge in [0.25, 0.3) is 0 Å². The maximum Gasteiger partial charge on any atom is 0.164 e. The summed E-state index contributed by atoms with van der Waals surface area (Å²) in [6.45, 7) is 0. The van der Waals surface area contributed by atoms with Crippen LogP contribution in [0.5, 0.6) is 0 Å². The predicted molar refractivity (Wildman–Crippen MR) is 193 cm³/mol. The van der Waals surface area contributed by atoms with E-state index in [9.17, 15) is 0 Å². The molecule has 0 atom stereocenters. The Morgan fingerprint density at radius 1 is 0.404 bits per heavy atom. The molecule has 2 heterocycles. The van der Waals surface area contributed by atoms with E-state index in [2.05, 4.69) is 0 Å². The molecule has 0 saturated carbocycles. The van der Waals surface area contributed by atoms with Crippen LogP contribution in [-0.2, 0) is 0 Å². The predicted octanol–water partition coefficient (Wildman–Crippen LogP) is 10.8. The molecular formula is C43H28N4. The molecule has 0 aliphatic rings. The van der Waals surface area contributed by atoms with E-state index in [-0.39, 0.29) is 47.3 Å². The van der Waals surface area contributed by atoms with Gasteiger partial charge in [-0.1, -0.05) is 139 Å². The first-order valence-corrected chi connectivity index (χ1v) is 15.0. The molecule has 4 heteroatoms. The third-order valence-corrected chi connectivity index (χ3v) is 8.23. The Morgan fingerprint density at radius 3 is 1.72 bits per heavy atom. The van der Waals surface area contributed by atoms with Crippen LogP contribution in [0.2, 0.25) is 0 Å². The van der Waals surface area contributed by atoms with E-state index in [1.165, 1.54) is 0 Å². The van der Waals surface area contributed by atoms with Gasteiger partial charge in [0.15, 0.2) is 17.5 Å². The largest absolute Gasteiger partial charge is 0.309 e. The number of hydrogen-bond acceptors (Lipinski definition) is 3. The molecule has 0 fully saturated rings. The van der Waals surface area contributed by atoms with Gasteiger partial charge in [-0.25, -0.2) is 15.0 Å². The van der Waals surface area contributed by atoms with E-state index in [0.717, 1.165) is 27.5 Å². The Bertz CT molecular complexity index is 2990. The molecule has 220 valence electrons. The number of para-hydroxylation sites is 1. The van der Waals surface area contributed by atoms with Crippen molar-refractivity contribution in [2.24, 2.45) is 0 Å². The highest BCUT2D eigenvalue weighted by Crippen LogP contribution is 2.36. The number of aromatic nitrogens is 4. The highest BCUT2D eigenvalue weighted by molar-refractivity contribution is 6.10. The molecule has 7 aromatic carbocycles. The van der Waals surface area contributed by atoms with Crippen LogP contribution < -0.4 is 0 Å². The van der Waals surface area contributed by atoms with Crippen molar-refractivity contribution in [1.29, 1.82) is 0 Å². The summed E-state index contributed by atoms with van der Waals surface area (Å²) < 4.78 is 78.4. The zero-order valence-corrected chi connectivity index (χ0v) is 24.8. The van der Waals surface area contributed by atoms with Crippen LogP contribution in [0, 0.1) is 0 Å². The fourth-order valence-electron chi connectivity index (χ4n) is 5.98. The third kappa shape index (κ3) is 4.84. The molecule has 9 aromatic rings. The number of rotatable bonds is 5. The van der Waals surface area contributed by atoms with Gasteiger partial charge in [-0.2, -0.15) is 0 Å². The summed E-state index contributed by atoms with van der Waals surface area (Å²) in [5, 5.41) is 2.55. The average Bonchev–Trinajstić information content (AvgIpc) is 3.58. The van der Waals surface area contributed by atoms with Crippen molar-refractivity contribution in [3.63, 3.8) is 0 Å². The van der Waals surface area contributed by atoms with Crippen molar-refractivity contribution in [2.75, 3.05) is 0 Å². The Balaban J connectivity index is 1.24. The van der Waals surface area contributed by atoms with Crippen molar-refractivity contribution in [1.82, 2.24) is 19.5 Å². The minimum absolute atomic E-state index is 0.0180. The van der Waals surface area contributed by atoms with E-state index in [0.29, 0.717) is 45.0 Å². The van der Waals surface area contributed by atoms with Crippen LogP contribution in [0.1, 0.15) is 12.3 Å². The van der Waals surface area contributed by atoms with Crippen molar-refractivity contribution in [2.45, 2.75) is 0 Å². The van der Waals surface area contributed by atoms with Crippen LogP contribution in [0.15, 0.2) is 170 Å². The summed E-state index contributed by atoms with van der Waals surface area (Å²) in [7, 11) is 0. The van der Waals surface area contributed by atoms with Gasteiger partial charge in [0.05, 0.1) is 23.4 Å². The molecular weight excluding hydrogens is 573 g/mol. The van der Waals surface area contributed by atoms with E-state index in [1.807, 2.05) is 97.1 Å². The molecule has 0 unspecified atom stereocenters. The maximum atomic E-state index is 9.00. The minimum atomic E-state index is -0.495. The fraction of sp³-hybridized carbons (Fsp3) is 0. The topological polar surface area (TPSA) is 43.6 Å². The normalized spacial score (nSPS) is 14.1. The van der Waals surface area contributed by atoms with Crippen LogP contribution in [0.25, 0.3) is 83.6 Å². The first kappa shape index (κ1) is 19.2. The van der Waals surface area contributed by atoms with Gasteiger partial charge < -0.3 is 4.57 Å². The second-order valence-electron chi connectivity index (χ2n) is 11.1. The highest BCUT2D eigenvalue weighted by Gasteiger charge is 2.15. The molecule has 0 amide bonds. The van der Waals surface area contributed by atoms with Gasteiger partial charge in [-0.05, 0) is 52.2 Å². The quantitative estimate of drug-likeness (QED) is 0.195. The zero-order chi connectivity index (χ0) is 39.0. The molecule has 0 aliphatic carbocycles. The number of hydrogen-bond donors (Lipinski definition) is 0. The lowest BCUT2D eigenvalue weighted by Crippen LogP contribution is -2.00. The van der Waals surface area contributed by atoms with Crippen LogP contribution in [0.4, 0.5) is 0 Å². The number of benzene rings is 7. The van der Waals surface area contributed by atoms with Crippen LogP contribution in [0.3, 0.4) is 0 Å². The zero-order valence-electron chi connectivity index (χ0n) is 33.8. The summed E-state index contributed by atoms with van der Waals surface area (Å²) in [5.41, 5.74) is 4.20. The summed E-state index contributed by atoms with van der Waals surface area (Å²) in [4.78, 5) is 14.5. The third-order valence-electron chi connectivity index (χ3n) is 8.23. The summed E-state index contributed by atoms with van der Waals surface area (Å²) >= 11 is 0. The Morgan fingerprint density at radius 2 is 1.00 bits per heavy atom. The molecule has 0 N–H and O–H groups in total. The lowest BCUT2D eigenvalue weighted by Gasteiger charge is -2.12. The van der Waals surface area contributed by atoms with Gasteiger partial charge in [0.2, 0.25) is 0 Å². The number of nitrogens with zero attached hydrogens (tertiary/aromatic N) is 4. The van der Waals surface area contributed by atoms with Gasteiger partial charge in [-0.3, -0.25) is 0 Å². The second kappa shape index (κ2) is 11.2. The Labute approximate surface area is 284 Å². The van der Waals surface area contributed by atoms with Crippen LogP contribution in [-0.4, -0.2) is 19.5 Å². The van der Waals surface area contributed by atoms with Crippen molar-refractivity contribution >= 4 is 32.6 Å². The first-order chi connectivity index (χ1) is 27.0. The molecule has 47 heavy (non-hydrogen) atoms. The van der Waals surface area contributed by atoms with E-state index in [1.54, 1.807) is 22.8 Å². The standard InChI is InChI=1S/C43H28N4/c1-4-12-29(13-5-1)34-23-25-38-37-18-10-11-19-39(37)47(40(38)28-34)36-24-22-32-26-35(21-20-33(32)27-36)43-45-41(30-14-6-2-7-15-30)44-42(46-43)31-16-8-3-9-17-31/h1-28H/i1D,4D,5D,10D,11D,12D,13D,18D,19D. The second-order valence-corrected chi connectivity index (χ2v) is 11.1. The van der Waals surface area contributed by atoms with Gasteiger partial charge >= 0.3 is 0 Å². The van der Waals surface area contributed by atoms with E-state index >= 15 is 0 Å². The summed E-state index contributed by atoms with van der Waals surface area (Å²) in [5.74, 6) is 1.59. The van der Waals surface area contributed by atoms with Gasteiger partial charge in [0.1, 0.15) is 0 Å². The van der Waals surface area contributed by atoms with Crippen molar-refractivity contribution < 1.29 is 12.3 Å². The minimum Gasteiger partial charge on any atom is -0.309 e. The Kier molecular flexibility index (Phi) is 4.57. The monoisotopic (exact) mass is 609 g/mol. The van der Waals surface area contributed by atoms with Crippen molar-refractivity contribution in [3.8, 4) is 51.0 Å². The Hall–Kier alpha value is -6.39. The molecule has 0 radical (unpaired) electrons. The molecule has 0 aliphatic heterocycles. The maximum absolute atomic E-state index is 9.00. The summed E-state index contributed by atoms with van der Waals surface area (Å²) in [6, 6.07) is 32.7. The van der Waals surface area contributed by atoms with Crippen molar-refractivity contribution in [3.05, 3.63) is 170 Å². The molecule has 2 aromatic heterocycles.